The Balaban J connectivity index is 1.58. The number of aliphatic hydroxyl groups excluding tert-OH is 1. The minimum Gasteiger partial charge on any atom is -0.462 e. The third-order valence-electron chi connectivity index (χ3n) is 4.25. The number of aryl methyl sites for hydroxylation is 1. The SMILES string of the molecule is CN(Cc1ccc(CO)o1)C[C@H]1CCc2nc(C(F)(F)F)cn2C1. The molecule has 0 saturated heterocycles. The van der Waals surface area contributed by atoms with Gasteiger partial charge in [0.15, 0.2) is 5.69 Å². The van der Waals surface area contributed by atoms with Gasteiger partial charge in [-0.05, 0) is 31.5 Å². The Hall–Kier alpha value is -1.80. The third kappa shape index (κ3) is 3.81. The standard InChI is InChI=1S/C16H20F3N3O2/c1-21(8-12-3-4-13(10-23)24-12)6-11-2-5-15-20-14(16(17,18)19)9-22(15)7-11/h3-4,9,11,23H,2,5-8,10H2,1H3/t11-/m1/s1. The van der Waals surface area contributed by atoms with Crippen LogP contribution < -0.4 is 0 Å². The molecule has 2 aromatic heterocycles. The van der Waals surface area contributed by atoms with E-state index in [1.807, 2.05) is 13.1 Å². The molecule has 0 aliphatic carbocycles. The van der Waals surface area contributed by atoms with E-state index in [-0.39, 0.29) is 12.5 Å². The maximum atomic E-state index is 12.7. The molecule has 5 nitrogen and oxygen atoms in total. The van der Waals surface area contributed by atoms with Crippen LogP contribution in [0.5, 0.6) is 0 Å². The average Bonchev–Trinajstić information content (AvgIpc) is 3.12. The second-order valence-corrected chi connectivity index (χ2v) is 6.32. The van der Waals surface area contributed by atoms with Gasteiger partial charge in [-0.1, -0.05) is 0 Å². The van der Waals surface area contributed by atoms with Crippen molar-refractivity contribution in [2.24, 2.45) is 5.92 Å². The molecule has 3 rings (SSSR count). The number of nitrogens with zero attached hydrogens (tertiary/aromatic N) is 3. The topological polar surface area (TPSA) is 54.4 Å². The molecule has 0 saturated carbocycles. The van der Waals surface area contributed by atoms with E-state index in [2.05, 4.69) is 9.88 Å². The molecule has 1 atom stereocenters. The van der Waals surface area contributed by atoms with Crippen molar-refractivity contribution in [1.82, 2.24) is 14.5 Å². The highest BCUT2D eigenvalue weighted by molar-refractivity contribution is 5.10. The highest BCUT2D eigenvalue weighted by atomic mass is 19.4. The number of rotatable bonds is 5. The molecular weight excluding hydrogens is 323 g/mol. The molecule has 8 heteroatoms. The molecule has 1 N–H and O–H groups in total. The average molecular weight is 343 g/mol. The van der Waals surface area contributed by atoms with Crippen molar-refractivity contribution in [1.29, 1.82) is 0 Å². The number of halogens is 3. The van der Waals surface area contributed by atoms with Crippen LogP contribution >= 0.6 is 0 Å². The lowest BCUT2D eigenvalue weighted by Crippen LogP contribution is -2.31. The van der Waals surface area contributed by atoms with Gasteiger partial charge in [0.1, 0.15) is 24.0 Å². The number of alkyl halides is 3. The third-order valence-corrected chi connectivity index (χ3v) is 4.25. The van der Waals surface area contributed by atoms with E-state index < -0.39 is 11.9 Å². The fraction of sp³-hybridized carbons (Fsp3) is 0.562. The number of imidazole rings is 1. The largest absolute Gasteiger partial charge is 0.462 e. The van der Waals surface area contributed by atoms with Crippen molar-refractivity contribution in [3.8, 4) is 0 Å². The van der Waals surface area contributed by atoms with Crippen LogP contribution in [0.15, 0.2) is 22.7 Å². The van der Waals surface area contributed by atoms with Gasteiger partial charge < -0.3 is 14.1 Å². The Bertz CT molecular complexity index is 693. The van der Waals surface area contributed by atoms with Crippen LogP contribution in [0.2, 0.25) is 0 Å². The molecule has 0 amide bonds. The summed E-state index contributed by atoms with van der Waals surface area (Å²) in [6.07, 6.45) is -1.90. The smallest absolute Gasteiger partial charge is 0.434 e. The highest BCUT2D eigenvalue weighted by Crippen LogP contribution is 2.30. The lowest BCUT2D eigenvalue weighted by Gasteiger charge is -2.27. The zero-order chi connectivity index (χ0) is 17.3. The fourth-order valence-corrected chi connectivity index (χ4v) is 3.16. The van der Waals surface area contributed by atoms with Crippen LogP contribution in [0.4, 0.5) is 13.2 Å². The van der Waals surface area contributed by atoms with Crippen molar-refractivity contribution in [3.05, 3.63) is 41.4 Å². The summed E-state index contributed by atoms with van der Waals surface area (Å²) in [5, 5.41) is 9.00. The Kier molecular flexibility index (Phi) is 4.69. The molecular formula is C16H20F3N3O2. The van der Waals surface area contributed by atoms with Crippen LogP contribution in [-0.2, 0) is 32.3 Å². The monoisotopic (exact) mass is 343 g/mol. The van der Waals surface area contributed by atoms with Gasteiger partial charge in [0.25, 0.3) is 0 Å². The van der Waals surface area contributed by atoms with E-state index in [0.717, 1.165) is 24.9 Å². The van der Waals surface area contributed by atoms with E-state index in [1.165, 1.54) is 0 Å². The summed E-state index contributed by atoms with van der Waals surface area (Å²) in [5.74, 6) is 2.07. The fourth-order valence-electron chi connectivity index (χ4n) is 3.16. The van der Waals surface area contributed by atoms with Crippen molar-refractivity contribution < 1.29 is 22.7 Å². The van der Waals surface area contributed by atoms with Gasteiger partial charge in [0.2, 0.25) is 0 Å². The van der Waals surface area contributed by atoms with Crippen LogP contribution in [-0.4, -0.2) is 33.1 Å². The maximum absolute atomic E-state index is 12.7. The van der Waals surface area contributed by atoms with Gasteiger partial charge in [-0.25, -0.2) is 4.98 Å². The maximum Gasteiger partial charge on any atom is 0.434 e. The second kappa shape index (κ2) is 6.60. The van der Waals surface area contributed by atoms with E-state index >= 15 is 0 Å². The highest BCUT2D eigenvalue weighted by Gasteiger charge is 2.35. The van der Waals surface area contributed by atoms with Gasteiger partial charge in [-0.3, -0.25) is 4.90 Å². The zero-order valence-electron chi connectivity index (χ0n) is 13.4. The summed E-state index contributed by atoms with van der Waals surface area (Å²) in [6, 6.07) is 3.56. The number of furan rings is 1. The first-order valence-electron chi connectivity index (χ1n) is 7.85. The summed E-state index contributed by atoms with van der Waals surface area (Å²) in [4.78, 5) is 5.78. The van der Waals surface area contributed by atoms with E-state index in [1.54, 1.807) is 10.6 Å². The summed E-state index contributed by atoms with van der Waals surface area (Å²) in [7, 11) is 1.95. The molecule has 2 aromatic rings. The Labute approximate surface area is 137 Å². The van der Waals surface area contributed by atoms with Gasteiger partial charge in [-0.15, -0.1) is 0 Å². The molecule has 0 bridgehead atoms. The summed E-state index contributed by atoms with van der Waals surface area (Å²) >= 11 is 0. The first-order chi connectivity index (χ1) is 11.3. The number of fused-ring (bicyclic) bond motifs is 1. The molecule has 0 unspecified atom stereocenters. The van der Waals surface area contributed by atoms with E-state index in [4.69, 9.17) is 9.52 Å². The number of hydrogen-bond donors (Lipinski definition) is 1. The lowest BCUT2D eigenvalue weighted by atomic mass is 9.99. The molecule has 0 fully saturated rings. The molecule has 132 valence electrons. The predicted octanol–water partition coefficient (Wildman–Crippen LogP) is 2.68. The predicted molar refractivity (Wildman–Crippen MR) is 80.0 cm³/mol. The lowest BCUT2D eigenvalue weighted by molar-refractivity contribution is -0.141. The molecule has 0 spiro atoms. The Morgan fingerprint density at radius 3 is 2.79 bits per heavy atom. The van der Waals surface area contributed by atoms with Crippen LogP contribution in [0.3, 0.4) is 0 Å². The molecule has 0 radical (unpaired) electrons. The summed E-state index contributed by atoms with van der Waals surface area (Å²) in [5.41, 5.74) is -0.807. The number of aromatic nitrogens is 2. The number of hydrogen-bond acceptors (Lipinski definition) is 4. The minimum absolute atomic E-state index is 0.128. The minimum atomic E-state index is -4.39. The number of aliphatic hydroxyl groups is 1. The summed E-state index contributed by atoms with van der Waals surface area (Å²) < 4.78 is 45.3. The molecule has 1 aliphatic heterocycles. The van der Waals surface area contributed by atoms with Crippen molar-refractivity contribution in [3.63, 3.8) is 0 Å². The first kappa shape index (κ1) is 17.0. The quantitative estimate of drug-likeness (QED) is 0.907. The van der Waals surface area contributed by atoms with Crippen molar-refractivity contribution in [2.45, 2.75) is 38.7 Å². The van der Waals surface area contributed by atoms with Crippen LogP contribution in [0.1, 0.15) is 29.5 Å². The molecule has 24 heavy (non-hydrogen) atoms. The van der Waals surface area contributed by atoms with Gasteiger partial charge in [-0.2, -0.15) is 13.2 Å². The molecule has 3 heterocycles. The van der Waals surface area contributed by atoms with Crippen LogP contribution in [0.25, 0.3) is 0 Å². The Morgan fingerprint density at radius 2 is 2.12 bits per heavy atom. The van der Waals surface area contributed by atoms with Gasteiger partial charge in [0, 0.05) is 25.7 Å². The van der Waals surface area contributed by atoms with E-state index in [9.17, 15) is 13.2 Å². The van der Waals surface area contributed by atoms with Crippen molar-refractivity contribution >= 4 is 0 Å². The Morgan fingerprint density at radius 1 is 1.38 bits per heavy atom. The molecule has 0 aromatic carbocycles. The van der Waals surface area contributed by atoms with Crippen molar-refractivity contribution in [2.75, 3.05) is 13.6 Å². The molecule has 1 aliphatic rings. The van der Waals surface area contributed by atoms with E-state index in [0.29, 0.717) is 31.1 Å². The zero-order valence-corrected chi connectivity index (χ0v) is 13.4. The van der Waals surface area contributed by atoms with Gasteiger partial charge >= 0.3 is 6.18 Å². The summed E-state index contributed by atoms with van der Waals surface area (Å²) in [6.45, 7) is 1.77. The van der Waals surface area contributed by atoms with Gasteiger partial charge in [0.05, 0.1) is 6.54 Å². The first-order valence-corrected chi connectivity index (χ1v) is 7.85. The second-order valence-electron chi connectivity index (χ2n) is 6.32. The normalized spacial score (nSPS) is 18.2. The van der Waals surface area contributed by atoms with Crippen LogP contribution in [0, 0.1) is 5.92 Å².